The van der Waals surface area contributed by atoms with Crippen molar-refractivity contribution in [1.82, 2.24) is 0 Å². The number of rotatable bonds is 60. The van der Waals surface area contributed by atoms with E-state index in [1.165, 1.54) is 243 Å². The number of phenols is 2. The first-order valence-corrected chi connectivity index (χ1v) is 53.2. The minimum absolute atomic E-state index is 0.340. The van der Waals surface area contributed by atoms with Crippen molar-refractivity contribution >= 4 is 29.8 Å². The number of carboxylic acids is 5. The summed E-state index contributed by atoms with van der Waals surface area (Å²) in [7, 11) is 0. The van der Waals surface area contributed by atoms with Crippen LogP contribution in [0.1, 0.15) is 460 Å². The van der Waals surface area contributed by atoms with Gasteiger partial charge in [-0.3, -0.25) is 24.0 Å². The molecule has 12 nitrogen and oxygen atoms in total. The van der Waals surface area contributed by atoms with Crippen molar-refractivity contribution in [3.63, 3.8) is 0 Å². The number of phenolic OH excluding ortho intramolecular Hbond substituents is 2. The number of hydrogen-bond donors (Lipinski definition) is 7. The van der Waals surface area contributed by atoms with Gasteiger partial charge in [-0.25, -0.2) is 0 Å². The highest BCUT2D eigenvalue weighted by molar-refractivity contribution is 5.79. The molecule has 0 saturated heterocycles. The second-order valence-electron chi connectivity index (χ2n) is 46.4. The van der Waals surface area contributed by atoms with Crippen LogP contribution in [-0.4, -0.2) is 65.6 Å². The largest absolute Gasteiger partial charge is 0.508 e. The fourth-order valence-electron chi connectivity index (χ4n) is 21.1. The summed E-state index contributed by atoms with van der Waals surface area (Å²) in [5.74, 6) is -2.10. The van der Waals surface area contributed by atoms with Gasteiger partial charge in [0, 0.05) is 0 Å². The first-order chi connectivity index (χ1) is 62.2. The zero-order valence-corrected chi connectivity index (χ0v) is 82.8. The topological polar surface area (TPSA) is 227 Å². The molecule has 0 atom stereocenters. The summed E-state index contributed by atoms with van der Waals surface area (Å²) in [6, 6.07) is 32.4. The summed E-state index contributed by atoms with van der Waals surface area (Å²) in [6.07, 6.45) is 74.8. The van der Waals surface area contributed by atoms with E-state index in [0.717, 1.165) is 230 Å². The van der Waals surface area contributed by atoms with E-state index < -0.39 is 29.8 Å². The smallest absolute Gasteiger partial charge is 0.309 e. The molecule has 0 radical (unpaired) electrons. The number of unbranched alkanes of at least 4 members (excludes halogenated alkanes) is 15. The van der Waals surface area contributed by atoms with Gasteiger partial charge in [-0.2, -0.15) is 0 Å². The average Bonchev–Trinajstić information content (AvgIpc) is 1.65. The summed E-state index contributed by atoms with van der Waals surface area (Å²) in [4.78, 5) is 56.1. The first-order valence-electron chi connectivity index (χ1n) is 53.2. The Hall–Kier alpha value is -6.95. The first kappa shape index (κ1) is 104. The average molecular weight is 1790 g/mol. The van der Waals surface area contributed by atoms with Crippen LogP contribution >= 0.6 is 0 Å². The van der Waals surface area contributed by atoms with E-state index in [2.05, 4.69) is 122 Å². The van der Waals surface area contributed by atoms with Crippen LogP contribution in [0.5, 0.6) is 11.5 Å². The van der Waals surface area contributed by atoms with Gasteiger partial charge in [-0.05, 0) is 448 Å². The molecule has 10 aliphatic carbocycles. The Bertz CT molecular complexity index is 4140. The molecular formula is C118H176O12. The zero-order chi connectivity index (χ0) is 93.1. The van der Waals surface area contributed by atoms with Gasteiger partial charge in [0.25, 0.3) is 0 Å². The minimum atomic E-state index is -0.604. The lowest BCUT2D eigenvalue weighted by molar-refractivity contribution is -0.144. The molecule has 0 bridgehead atoms. The van der Waals surface area contributed by atoms with Crippen LogP contribution in [0.4, 0.5) is 0 Å². The second kappa shape index (κ2) is 48.0. The Balaban J connectivity index is 0.000000157. The summed E-state index contributed by atoms with van der Waals surface area (Å²) in [6.45, 7) is 18.7. The predicted octanol–water partition coefficient (Wildman–Crippen LogP) is 31.2. The lowest BCUT2D eigenvalue weighted by Gasteiger charge is -2.14. The summed E-state index contributed by atoms with van der Waals surface area (Å²) in [5, 5.41) is 66.4. The molecule has 10 fully saturated rings. The highest BCUT2D eigenvalue weighted by atomic mass is 16.4. The predicted molar refractivity (Wildman–Crippen MR) is 532 cm³/mol. The Morgan fingerprint density at radius 3 is 0.746 bits per heavy atom. The van der Waals surface area contributed by atoms with Gasteiger partial charge in [-0.1, -0.05) is 215 Å². The number of carboxylic acid groups (broad SMARTS) is 5. The highest BCUT2D eigenvalue weighted by Crippen LogP contribution is 2.56. The standard InChI is InChI=1S/3C24H36O2.2C23H34O3/c1-19-9-8-11-20(21(19)12-5-7-13-23(2)15-16-23)10-4-3-6-14-24(17-18-24)22(25)26;1-19-10-11-20(8-5-7-12-23(2)14-15-23)21(18-19)9-4-3-6-13-24(16-17-24)22(25)26;1-19-10-11-20(8-4-3-6-13-24(16-17-24)22(25)26)21(18-19)9-5-7-12-23(2)14-15-23;1-22(14-15-22)12-6-4-10-19-18(9-7-11-20(19)24)8-3-2-5-13-23(16-17-23)21(25)26;1-22(13-14-22)11-6-4-8-19-17-20(24)10-9-18(19)7-3-2-5-12-23(15-16-23)21(25)26/h8-9,11H,3-7,10,12-18H2,1-2H3,(H,25,26);2*10-11,18H,3-9,12-17H2,1-2H3,(H,25,26);7,9,11,24H,2-6,8,10,12-17H2,1H3,(H,25,26);9-10,17,24H,2-8,11-16H2,1H3,(H,25,26). The summed E-state index contributed by atoms with van der Waals surface area (Å²) < 4.78 is 0. The number of hydrogen-bond acceptors (Lipinski definition) is 7. The third-order valence-corrected chi connectivity index (χ3v) is 34.1. The third-order valence-electron chi connectivity index (χ3n) is 34.1. The van der Waals surface area contributed by atoms with Crippen molar-refractivity contribution in [3.8, 4) is 11.5 Å². The number of aryl methyl sites for hydroxylation is 11. The zero-order valence-electron chi connectivity index (χ0n) is 82.8. The van der Waals surface area contributed by atoms with E-state index >= 15 is 0 Å². The van der Waals surface area contributed by atoms with Crippen molar-refractivity contribution in [2.24, 2.45) is 54.1 Å². The molecule has 720 valence electrons. The molecule has 5 aromatic carbocycles. The molecule has 5 aromatic rings. The maximum atomic E-state index is 11.2. The molecule has 15 rings (SSSR count). The van der Waals surface area contributed by atoms with Gasteiger partial charge in [0.15, 0.2) is 0 Å². The molecule has 10 saturated carbocycles. The molecule has 0 heterocycles. The van der Waals surface area contributed by atoms with Crippen molar-refractivity contribution in [2.45, 2.75) is 473 Å². The van der Waals surface area contributed by atoms with Gasteiger partial charge < -0.3 is 35.7 Å². The van der Waals surface area contributed by atoms with E-state index in [1.54, 1.807) is 22.8 Å². The molecule has 130 heavy (non-hydrogen) atoms. The number of carbonyl (C=O) groups is 5. The van der Waals surface area contributed by atoms with Crippen LogP contribution in [-0.2, 0) is 88.2 Å². The van der Waals surface area contributed by atoms with Gasteiger partial charge in [-0.15, -0.1) is 0 Å². The number of aliphatic carboxylic acids is 5. The van der Waals surface area contributed by atoms with Gasteiger partial charge >= 0.3 is 29.8 Å². The van der Waals surface area contributed by atoms with Crippen LogP contribution in [0.2, 0.25) is 0 Å². The van der Waals surface area contributed by atoms with E-state index in [0.29, 0.717) is 38.6 Å². The molecule has 0 aliphatic heterocycles. The number of aromatic hydroxyl groups is 2. The van der Waals surface area contributed by atoms with Crippen LogP contribution in [0.3, 0.4) is 0 Å². The lowest BCUT2D eigenvalue weighted by atomic mass is 9.91. The van der Waals surface area contributed by atoms with Crippen molar-refractivity contribution in [2.75, 3.05) is 0 Å². The van der Waals surface area contributed by atoms with E-state index in [4.69, 9.17) is 0 Å². The fourth-order valence-corrected chi connectivity index (χ4v) is 21.1. The summed E-state index contributed by atoms with van der Waals surface area (Å²) in [5.41, 5.74) is 20.0. The number of benzene rings is 5. The highest BCUT2D eigenvalue weighted by Gasteiger charge is 2.53. The molecule has 0 aromatic heterocycles. The Morgan fingerprint density at radius 2 is 0.462 bits per heavy atom. The molecule has 10 aliphatic rings. The fraction of sp³-hybridized carbons (Fsp3) is 0.703. The molecule has 0 amide bonds. The van der Waals surface area contributed by atoms with E-state index in [1.807, 2.05) is 18.2 Å². The molecule has 0 unspecified atom stereocenters. The van der Waals surface area contributed by atoms with E-state index in [9.17, 15) is 59.7 Å². The lowest BCUT2D eigenvalue weighted by Crippen LogP contribution is -2.14. The molecule has 12 heteroatoms. The van der Waals surface area contributed by atoms with Crippen molar-refractivity contribution in [3.05, 3.63) is 163 Å². The van der Waals surface area contributed by atoms with Crippen molar-refractivity contribution < 1.29 is 59.7 Å². The Labute approximate surface area is 786 Å². The second-order valence-corrected chi connectivity index (χ2v) is 46.4. The normalized spacial score (nSPS) is 19.3. The maximum Gasteiger partial charge on any atom is 0.309 e. The van der Waals surface area contributed by atoms with E-state index in [-0.39, 0.29) is 27.1 Å². The third kappa shape index (κ3) is 34.4. The van der Waals surface area contributed by atoms with Gasteiger partial charge in [0.2, 0.25) is 0 Å². The van der Waals surface area contributed by atoms with Crippen LogP contribution in [0.25, 0.3) is 0 Å². The SMILES string of the molecule is CC1(CCCCc2c(O)cccc2CCCCCC2(C(=O)O)CC2)CC1.CC1(CCCCc2cc(O)ccc2CCCCCC2(C(=O)O)CC2)CC1.Cc1ccc(CCCCC2(C)CC2)c(CCCCCC2(C(=O)O)CC2)c1.Cc1ccc(CCCCCC2(C(=O)O)CC2)c(CCCCC2(C)CC2)c1.Cc1cccc(CCCCCC2(C(=O)O)CC2)c1CCCCC1(C)CC1. The minimum Gasteiger partial charge on any atom is -0.508 e. The monoisotopic (exact) mass is 1790 g/mol. The van der Waals surface area contributed by atoms with Crippen LogP contribution in [0.15, 0.2) is 91.0 Å². The van der Waals surface area contributed by atoms with Gasteiger partial charge in [0.1, 0.15) is 11.5 Å². The van der Waals surface area contributed by atoms with Crippen LogP contribution < -0.4 is 0 Å². The van der Waals surface area contributed by atoms with Crippen LogP contribution in [0, 0.1) is 74.9 Å². The Kier molecular flexibility index (Phi) is 38.2. The molecular weight excluding hydrogens is 1610 g/mol. The van der Waals surface area contributed by atoms with Crippen molar-refractivity contribution in [1.29, 1.82) is 0 Å². The quantitative estimate of drug-likeness (QED) is 0.0181. The Morgan fingerprint density at radius 1 is 0.231 bits per heavy atom. The van der Waals surface area contributed by atoms with Gasteiger partial charge in [0.05, 0.1) is 27.1 Å². The maximum absolute atomic E-state index is 11.2. The molecule has 7 N–H and O–H groups in total. The molecule has 0 spiro atoms. The summed E-state index contributed by atoms with van der Waals surface area (Å²) >= 11 is 0.